The van der Waals surface area contributed by atoms with Crippen LogP contribution in [-0.4, -0.2) is 4.92 Å². The highest BCUT2D eigenvalue weighted by Crippen LogP contribution is 2.40. The van der Waals surface area contributed by atoms with Gasteiger partial charge in [0.05, 0.1) is 10.6 Å². The number of nitrogens with two attached hydrogens (primary N) is 1. The van der Waals surface area contributed by atoms with Crippen molar-refractivity contribution in [3.05, 3.63) is 33.9 Å². The van der Waals surface area contributed by atoms with Crippen LogP contribution in [0.1, 0.15) is 5.56 Å². The Morgan fingerprint density at radius 2 is 1.94 bits per heavy atom. The zero-order valence-electron chi connectivity index (χ0n) is 7.62. The summed E-state index contributed by atoms with van der Waals surface area (Å²) in [5, 5.41) is 10.4. The molecule has 0 heterocycles. The number of nitro benzene ring substituents is 1. The number of hydrogen-bond donors (Lipinski definition) is 2. The van der Waals surface area contributed by atoms with Gasteiger partial charge >= 0.3 is 6.18 Å². The van der Waals surface area contributed by atoms with Crippen LogP contribution in [0.4, 0.5) is 24.5 Å². The van der Waals surface area contributed by atoms with E-state index in [-0.39, 0.29) is 12.4 Å². The van der Waals surface area contributed by atoms with Gasteiger partial charge in [-0.2, -0.15) is 13.2 Å². The lowest BCUT2D eigenvalue weighted by molar-refractivity contribution is -0.388. The molecule has 9 heteroatoms. The largest absolute Gasteiger partial charge is 0.425 e. The topological polar surface area (TPSA) is 81.2 Å². The molecular weight excluding hydrogens is 251 g/mol. The number of anilines is 1. The molecule has 0 unspecified atom stereocenters. The number of nitrogen functional groups attached to an aromatic ring is 1. The fraction of sp³-hybridized carbons (Fsp3) is 0.143. The SMILES string of the molecule is Cl.NNc1cccc([N+](=O)[O-])c1C(F)(F)F. The molecule has 0 spiro atoms. The molecule has 90 valence electrons. The van der Waals surface area contributed by atoms with Gasteiger partial charge in [-0.1, -0.05) is 6.07 Å². The van der Waals surface area contributed by atoms with Crippen LogP contribution < -0.4 is 11.3 Å². The maximum Gasteiger partial charge on any atom is 0.425 e. The van der Waals surface area contributed by atoms with Gasteiger partial charge < -0.3 is 5.43 Å². The molecule has 0 fully saturated rings. The molecule has 0 aliphatic heterocycles. The van der Waals surface area contributed by atoms with E-state index in [1.807, 2.05) is 0 Å². The van der Waals surface area contributed by atoms with Gasteiger partial charge in [0.15, 0.2) is 5.56 Å². The molecule has 0 aliphatic carbocycles. The fourth-order valence-corrected chi connectivity index (χ4v) is 1.11. The van der Waals surface area contributed by atoms with Crippen molar-refractivity contribution in [3.63, 3.8) is 0 Å². The Morgan fingerprint density at radius 3 is 2.31 bits per heavy atom. The van der Waals surface area contributed by atoms with Crippen molar-refractivity contribution in [2.45, 2.75) is 6.18 Å². The lowest BCUT2D eigenvalue weighted by atomic mass is 10.1. The van der Waals surface area contributed by atoms with E-state index in [2.05, 4.69) is 0 Å². The second-order valence-electron chi connectivity index (χ2n) is 2.60. The Kier molecular flexibility index (Phi) is 4.51. The van der Waals surface area contributed by atoms with Gasteiger partial charge in [0, 0.05) is 6.07 Å². The van der Waals surface area contributed by atoms with E-state index in [9.17, 15) is 23.3 Å². The molecule has 0 amide bonds. The standard InChI is InChI=1S/C7H6F3N3O2.ClH/c8-7(9,10)6-4(12-11)2-1-3-5(6)13(14)15;/h1-3,12H,11H2;1H. The Labute approximate surface area is 94.0 Å². The summed E-state index contributed by atoms with van der Waals surface area (Å²) in [6, 6.07) is 2.89. The number of halogens is 4. The minimum Gasteiger partial charge on any atom is -0.323 e. The molecule has 0 bridgehead atoms. The Balaban J connectivity index is 0.00000225. The van der Waals surface area contributed by atoms with E-state index < -0.39 is 28.0 Å². The molecular formula is C7H7ClF3N3O2. The highest BCUT2D eigenvalue weighted by atomic mass is 35.5. The Morgan fingerprint density at radius 1 is 1.38 bits per heavy atom. The van der Waals surface area contributed by atoms with Crippen LogP contribution in [0.15, 0.2) is 18.2 Å². The van der Waals surface area contributed by atoms with Crippen molar-refractivity contribution in [1.29, 1.82) is 0 Å². The van der Waals surface area contributed by atoms with Gasteiger partial charge in [-0.25, -0.2) is 0 Å². The molecule has 0 aliphatic rings. The molecule has 3 N–H and O–H groups in total. The Bertz CT molecular complexity index is 397. The number of alkyl halides is 3. The lowest BCUT2D eigenvalue weighted by Crippen LogP contribution is -2.16. The predicted octanol–water partition coefficient (Wildman–Crippen LogP) is 2.32. The molecule has 0 atom stereocenters. The highest BCUT2D eigenvalue weighted by Gasteiger charge is 2.40. The second kappa shape index (κ2) is 4.99. The summed E-state index contributed by atoms with van der Waals surface area (Å²) in [5.41, 5.74) is -1.16. The maximum absolute atomic E-state index is 12.5. The lowest BCUT2D eigenvalue weighted by Gasteiger charge is -2.11. The number of hydrogen-bond acceptors (Lipinski definition) is 4. The number of benzene rings is 1. The van der Waals surface area contributed by atoms with Gasteiger partial charge in [-0.15, -0.1) is 12.4 Å². The van der Waals surface area contributed by atoms with Crippen LogP contribution in [0.2, 0.25) is 0 Å². The first-order valence-corrected chi connectivity index (χ1v) is 3.69. The zero-order valence-corrected chi connectivity index (χ0v) is 8.43. The van der Waals surface area contributed by atoms with E-state index in [0.29, 0.717) is 0 Å². The third-order valence-electron chi connectivity index (χ3n) is 1.68. The van der Waals surface area contributed by atoms with E-state index in [1.54, 1.807) is 5.43 Å². The second-order valence-corrected chi connectivity index (χ2v) is 2.60. The van der Waals surface area contributed by atoms with Crippen molar-refractivity contribution < 1.29 is 18.1 Å². The summed E-state index contributed by atoms with van der Waals surface area (Å²) in [6.07, 6.45) is -4.83. The molecule has 1 aromatic carbocycles. The van der Waals surface area contributed by atoms with Crippen LogP contribution in [0.3, 0.4) is 0 Å². The molecule has 0 saturated heterocycles. The van der Waals surface area contributed by atoms with E-state index in [4.69, 9.17) is 5.84 Å². The van der Waals surface area contributed by atoms with Gasteiger partial charge in [0.1, 0.15) is 0 Å². The predicted molar refractivity (Wildman–Crippen MR) is 53.2 cm³/mol. The van der Waals surface area contributed by atoms with Gasteiger partial charge in [-0.3, -0.25) is 16.0 Å². The normalized spacial score (nSPS) is 10.5. The van der Waals surface area contributed by atoms with Gasteiger partial charge in [0.2, 0.25) is 0 Å². The van der Waals surface area contributed by atoms with Crippen molar-refractivity contribution >= 4 is 23.8 Å². The minimum atomic E-state index is -4.83. The number of nitrogens with zero attached hydrogens (tertiary/aromatic N) is 1. The van der Waals surface area contributed by atoms with E-state index >= 15 is 0 Å². The van der Waals surface area contributed by atoms with Crippen LogP contribution in [0.5, 0.6) is 0 Å². The van der Waals surface area contributed by atoms with Gasteiger partial charge in [-0.05, 0) is 6.07 Å². The third-order valence-corrected chi connectivity index (χ3v) is 1.68. The molecule has 0 saturated carbocycles. The summed E-state index contributed by atoms with van der Waals surface area (Å²) in [5.74, 6) is 4.84. The summed E-state index contributed by atoms with van der Waals surface area (Å²) in [4.78, 5) is 9.27. The number of nitro groups is 1. The monoisotopic (exact) mass is 257 g/mol. The molecule has 1 rings (SSSR count). The average Bonchev–Trinajstić information content (AvgIpc) is 2.15. The third kappa shape index (κ3) is 2.74. The van der Waals surface area contributed by atoms with Crippen molar-refractivity contribution in [2.75, 3.05) is 5.43 Å². The quantitative estimate of drug-likeness (QED) is 0.484. The van der Waals surface area contributed by atoms with E-state index in [1.165, 1.54) is 0 Å². The van der Waals surface area contributed by atoms with E-state index in [0.717, 1.165) is 18.2 Å². The van der Waals surface area contributed by atoms with Gasteiger partial charge in [0.25, 0.3) is 5.69 Å². The average molecular weight is 258 g/mol. The highest BCUT2D eigenvalue weighted by molar-refractivity contribution is 5.85. The Hall–Kier alpha value is -1.54. The smallest absolute Gasteiger partial charge is 0.323 e. The fourth-order valence-electron chi connectivity index (χ4n) is 1.11. The van der Waals surface area contributed by atoms with Crippen molar-refractivity contribution in [1.82, 2.24) is 0 Å². The molecule has 1 aromatic rings. The molecule has 0 radical (unpaired) electrons. The number of hydrazine groups is 1. The maximum atomic E-state index is 12.5. The summed E-state index contributed by atoms with van der Waals surface area (Å²) >= 11 is 0. The summed E-state index contributed by atoms with van der Waals surface area (Å²) < 4.78 is 37.4. The van der Waals surface area contributed by atoms with Crippen molar-refractivity contribution in [2.24, 2.45) is 5.84 Å². The first-order valence-electron chi connectivity index (χ1n) is 3.69. The number of rotatable bonds is 2. The molecule has 0 aromatic heterocycles. The molecule has 16 heavy (non-hydrogen) atoms. The first kappa shape index (κ1) is 14.5. The molecule has 5 nitrogen and oxygen atoms in total. The van der Waals surface area contributed by atoms with Crippen LogP contribution in [0, 0.1) is 10.1 Å². The summed E-state index contributed by atoms with van der Waals surface area (Å²) in [7, 11) is 0. The van der Waals surface area contributed by atoms with Crippen LogP contribution >= 0.6 is 12.4 Å². The van der Waals surface area contributed by atoms with Crippen molar-refractivity contribution in [3.8, 4) is 0 Å². The zero-order chi connectivity index (χ0) is 11.6. The van der Waals surface area contributed by atoms with Crippen LogP contribution in [-0.2, 0) is 6.18 Å². The van der Waals surface area contributed by atoms with Crippen LogP contribution in [0.25, 0.3) is 0 Å². The summed E-state index contributed by atoms with van der Waals surface area (Å²) in [6.45, 7) is 0. The number of nitrogens with one attached hydrogen (secondary N) is 1. The minimum absolute atomic E-state index is 0. The first-order chi connectivity index (χ1) is 6.88.